The molecule has 0 saturated heterocycles. The van der Waals surface area contributed by atoms with E-state index in [-0.39, 0.29) is 39.1 Å². The van der Waals surface area contributed by atoms with Crippen LogP contribution in [0.4, 0.5) is 14.4 Å². The summed E-state index contributed by atoms with van der Waals surface area (Å²) in [7, 11) is 0. The first-order chi connectivity index (χ1) is 21.9. The van der Waals surface area contributed by atoms with Crippen LogP contribution in [0.2, 0.25) is 0 Å². The molecule has 0 heterocycles. The van der Waals surface area contributed by atoms with Crippen LogP contribution >= 0.6 is 0 Å². The summed E-state index contributed by atoms with van der Waals surface area (Å²) in [6, 6.07) is 16.2. The van der Waals surface area contributed by atoms with Crippen molar-refractivity contribution < 1.29 is 43.3 Å². The highest BCUT2D eigenvalue weighted by Gasteiger charge is 2.28. The SMILES string of the molecule is CC(C)(C)OC(=O)N[C@@H](CCCCNC(=O)OCc1ccccc1)C(=O)N[C@@H](CCCCNC(=O)OCc1ccccc1)C(=O)O. The van der Waals surface area contributed by atoms with Crippen molar-refractivity contribution in [3.05, 3.63) is 71.8 Å². The fraction of sp³-hybridized carbons (Fsp3) is 0.485. The zero-order valence-electron chi connectivity index (χ0n) is 26.7. The number of rotatable bonds is 18. The lowest BCUT2D eigenvalue weighted by Gasteiger charge is -2.24. The molecule has 0 aliphatic heterocycles. The van der Waals surface area contributed by atoms with E-state index in [0.717, 1.165) is 11.1 Å². The number of unbranched alkanes of at least 4 members (excludes halogenated alkanes) is 2. The smallest absolute Gasteiger partial charge is 0.408 e. The van der Waals surface area contributed by atoms with E-state index in [1.165, 1.54) is 0 Å². The predicted octanol–water partition coefficient (Wildman–Crippen LogP) is 4.64. The topological polar surface area (TPSA) is 181 Å². The Morgan fingerprint density at radius 2 is 1.11 bits per heavy atom. The molecule has 2 aromatic carbocycles. The number of nitrogens with one attached hydrogen (secondary N) is 4. The number of hydrogen-bond donors (Lipinski definition) is 5. The Kier molecular flexibility index (Phi) is 16.5. The van der Waals surface area contributed by atoms with Gasteiger partial charge in [0.2, 0.25) is 5.91 Å². The molecule has 46 heavy (non-hydrogen) atoms. The van der Waals surface area contributed by atoms with Gasteiger partial charge in [-0.1, -0.05) is 60.7 Å². The Morgan fingerprint density at radius 3 is 1.54 bits per heavy atom. The van der Waals surface area contributed by atoms with Crippen LogP contribution in [0.1, 0.15) is 70.4 Å². The summed E-state index contributed by atoms with van der Waals surface area (Å²) in [5, 5.41) is 20.0. The zero-order chi connectivity index (χ0) is 33.8. The molecule has 0 aromatic heterocycles. The van der Waals surface area contributed by atoms with Gasteiger partial charge in [0.1, 0.15) is 30.9 Å². The highest BCUT2D eigenvalue weighted by Crippen LogP contribution is 2.10. The highest BCUT2D eigenvalue weighted by molar-refractivity contribution is 5.89. The van der Waals surface area contributed by atoms with Crippen molar-refractivity contribution in [2.45, 2.75) is 90.2 Å². The molecule has 0 fully saturated rings. The molecule has 2 atom stereocenters. The first kappa shape index (κ1) is 37.4. The Hall–Kier alpha value is -4.81. The third-order valence-corrected chi connectivity index (χ3v) is 6.43. The van der Waals surface area contributed by atoms with Gasteiger partial charge in [0.15, 0.2) is 0 Å². The lowest BCUT2D eigenvalue weighted by atomic mass is 10.1. The number of carboxylic acid groups (broad SMARTS) is 1. The normalized spacial score (nSPS) is 12.2. The second kappa shape index (κ2) is 20.3. The van der Waals surface area contributed by atoms with Crippen molar-refractivity contribution >= 4 is 30.2 Å². The fourth-order valence-electron chi connectivity index (χ4n) is 4.12. The van der Waals surface area contributed by atoms with Crippen molar-refractivity contribution in [3.8, 4) is 0 Å². The number of benzene rings is 2. The number of hydrogen-bond acceptors (Lipinski definition) is 8. The molecule has 4 amide bonds. The lowest BCUT2D eigenvalue weighted by molar-refractivity contribution is -0.142. The number of amides is 4. The van der Waals surface area contributed by atoms with Crippen LogP contribution in [0.5, 0.6) is 0 Å². The van der Waals surface area contributed by atoms with Crippen LogP contribution in [0.25, 0.3) is 0 Å². The standard InChI is InChI=1S/C33H46N4O9/c1-33(2,3)46-32(43)37-26(18-10-12-20-34-30(41)44-22-24-14-6-4-7-15-24)28(38)36-27(29(39)40)19-11-13-21-35-31(42)45-23-25-16-8-5-9-17-25/h4-9,14-17,26-27H,10-13,18-23H2,1-3H3,(H,34,41)(H,35,42)(H,36,38)(H,37,43)(H,39,40)/t26-,27-/m0/s1. The second-order valence-corrected chi connectivity index (χ2v) is 11.6. The molecule has 0 aliphatic rings. The molecule has 0 saturated carbocycles. The van der Waals surface area contributed by atoms with Gasteiger partial charge in [-0.15, -0.1) is 0 Å². The molecule has 13 nitrogen and oxygen atoms in total. The molecule has 2 aromatic rings. The van der Waals surface area contributed by atoms with Gasteiger partial charge >= 0.3 is 24.2 Å². The van der Waals surface area contributed by atoms with Crippen LogP contribution in [0.3, 0.4) is 0 Å². The number of carboxylic acids is 1. The van der Waals surface area contributed by atoms with Gasteiger partial charge in [-0.3, -0.25) is 4.79 Å². The number of alkyl carbamates (subject to hydrolysis) is 3. The van der Waals surface area contributed by atoms with E-state index < -0.39 is 47.8 Å². The Morgan fingerprint density at radius 1 is 0.652 bits per heavy atom. The van der Waals surface area contributed by atoms with E-state index in [1.807, 2.05) is 60.7 Å². The van der Waals surface area contributed by atoms with E-state index in [9.17, 15) is 29.1 Å². The maximum absolute atomic E-state index is 13.1. The van der Waals surface area contributed by atoms with Crippen LogP contribution in [-0.2, 0) is 37.0 Å². The number of carbonyl (C=O) groups is 5. The third kappa shape index (κ3) is 16.9. The lowest BCUT2D eigenvalue weighted by Crippen LogP contribution is -2.52. The Bertz CT molecular complexity index is 1240. The van der Waals surface area contributed by atoms with E-state index in [1.54, 1.807) is 20.8 Å². The van der Waals surface area contributed by atoms with Gasteiger partial charge in [-0.05, 0) is 70.4 Å². The summed E-state index contributed by atoms with van der Waals surface area (Å²) in [6.45, 7) is 5.87. The van der Waals surface area contributed by atoms with E-state index in [0.29, 0.717) is 25.7 Å². The summed E-state index contributed by atoms with van der Waals surface area (Å²) in [5.41, 5.74) is 0.907. The molecule has 0 radical (unpaired) electrons. The fourth-order valence-corrected chi connectivity index (χ4v) is 4.12. The minimum Gasteiger partial charge on any atom is -0.480 e. The average Bonchev–Trinajstić information content (AvgIpc) is 3.01. The van der Waals surface area contributed by atoms with Crippen LogP contribution in [0.15, 0.2) is 60.7 Å². The molecule has 252 valence electrons. The molecule has 0 spiro atoms. The quantitative estimate of drug-likeness (QED) is 0.114. The Labute approximate surface area is 269 Å². The van der Waals surface area contributed by atoms with E-state index in [2.05, 4.69) is 21.3 Å². The number of aliphatic carboxylic acids is 1. The first-order valence-corrected chi connectivity index (χ1v) is 15.3. The number of carbonyl (C=O) groups excluding carboxylic acids is 4. The van der Waals surface area contributed by atoms with Crippen molar-refractivity contribution in [2.75, 3.05) is 13.1 Å². The van der Waals surface area contributed by atoms with Gasteiger partial charge in [-0.2, -0.15) is 0 Å². The molecule has 0 bridgehead atoms. The minimum absolute atomic E-state index is 0.107. The summed E-state index contributed by atoms with van der Waals surface area (Å²) < 4.78 is 15.6. The van der Waals surface area contributed by atoms with Crippen LogP contribution in [-0.4, -0.2) is 66.0 Å². The minimum atomic E-state index is -1.22. The molecule has 0 unspecified atom stereocenters. The molecular weight excluding hydrogens is 596 g/mol. The van der Waals surface area contributed by atoms with Crippen LogP contribution < -0.4 is 21.3 Å². The van der Waals surface area contributed by atoms with Crippen molar-refractivity contribution in [1.29, 1.82) is 0 Å². The van der Waals surface area contributed by atoms with Gasteiger partial charge in [-0.25, -0.2) is 19.2 Å². The van der Waals surface area contributed by atoms with Gasteiger partial charge in [0.25, 0.3) is 0 Å². The monoisotopic (exact) mass is 642 g/mol. The summed E-state index contributed by atoms with van der Waals surface area (Å²) in [4.78, 5) is 61.3. The zero-order valence-corrected chi connectivity index (χ0v) is 26.7. The average molecular weight is 643 g/mol. The van der Waals surface area contributed by atoms with Gasteiger partial charge < -0.3 is 40.6 Å². The summed E-state index contributed by atoms with van der Waals surface area (Å²) in [5.74, 6) is -1.89. The number of ether oxygens (including phenoxy) is 3. The molecular formula is C33H46N4O9. The summed E-state index contributed by atoms with van der Waals surface area (Å²) >= 11 is 0. The molecule has 0 aliphatic carbocycles. The first-order valence-electron chi connectivity index (χ1n) is 15.3. The van der Waals surface area contributed by atoms with E-state index >= 15 is 0 Å². The summed E-state index contributed by atoms with van der Waals surface area (Å²) in [6.07, 6.45) is 0.0685. The third-order valence-electron chi connectivity index (χ3n) is 6.43. The Balaban J connectivity index is 1.78. The molecule has 5 N–H and O–H groups in total. The largest absolute Gasteiger partial charge is 0.480 e. The highest BCUT2D eigenvalue weighted by atomic mass is 16.6. The van der Waals surface area contributed by atoms with E-state index in [4.69, 9.17) is 14.2 Å². The molecule has 13 heteroatoms. The van der Waals surface area contributed by atoms with Crippen molar-refractivity contribution in [3.63, 3.8) is 0 Å². The maximum Gasteiger partial charge on any atom is 0.408 e. The molecule has 2 rings (SSSR count). The van der Waals surface area contributed by atoms with Crippen molar-refractivity contribution in [2.24, 2.45) is 0 Å². The van der Waals surface area contributed by atoms with Crippen molar-refractivity contribution in [1.82, 2.24) is 21.3 Å². The second-order valence-electron chi connectivity index (χ2n) is 11.6. The maximum atomic E-state index is 13.1. The van der Waals surface area contributed by atoms with Crippen LogP contribution in [0, 0.1) is 0 Å². The van der Waals surface area contributed by atoms with Gasteiger partial charge in [0, 0.05) is 13.1 Å². The van der Waals surface area contributed by atoms with Gasteiger partial charge in [0.05, 0.1) is 0 Å². The predicted molar refractivity (Wildman–Crippen MR) is 170 cm³/mol.